The van der Waals surface area contributed by atoms with Gasteiger partial charge in [-0.1, -0.05) is 24.3 Å². The van der Waals surface area contributed by atoms with Gasteiger partial charge in [0.2, 0.25) is 0 Å². The fourth-order valence-corrected chi connectivity index (χ4v) is 3.57. The van der Waals surface area contributed by atoms with Gasteiger partial charge >= 0.3 is 0 Å². The molecule has 0 N–H and O–H groups in total. The summed E-state index contributed by atoms with van der Waals surface area (Å²) in [5, 5.41) is 0. The van der Waals surface area contributed by atoms with Crippen molar-refractivity contribution in [2.24, 2.45) is 0 Å². The van der Waals surface area contributed by atoms with Crippen LogP contribution in [0, 0.1) is 6.92 Å². The Bertz CT molecular complexity index is 572. The molecule has 0 saturated heterocycles. The molecular weight excluding hydrogens is 252 g/mol. The molecule has 1 atom stereocenters. The van der Waals surface area contributed by atoms with Crippen molar-refractivity contribution in [3.63, 3.8) is 0 Å². The topological polar surface area (TPSA) is 17.1 Å². The van der Waals surface area contributed by atoms with Crippen molar-refractivity contribution in [1.82, 2.24) is 0 Å². The molecule has 0 radical (unpaired) electrons. The Morgan fingerprint density at radius 3 is 2.26 bits per heavy atom. The zero-order chi connectivity index (χ0) is 13.8. The molecule has 0 aliphatic carbocycles. The maximum atomic E-state index is 11.3. The third-order valence-electron chi connectivity index (χ3n) is 3.30. The number of benzene rings is 2. The Hall–Kier alpha value is -1.54. The molecule has 0 bridgehead atoms. The summed E-state index contributed by atoms with van der Waals surface area (Å²) in [4.78, 5) is 12.6. The SMILES string of the molecule is CC(=O)c1ccc([S+](C)Cc2ccccc2C)cc1. The lowest BCUT2D eigenvalue weighted by molar-refractivity contribution is 0.101. The van der Waals surface area contributed by atoms with E-state index in [9.17, 15) is 4.79 Å². The Morgan fingerprint density at radius 2 is 1.68 bits per heavy atom. The van der Waals surface area contributed by atoms with Gasteiger partial charge in [0, 0.05) is 22.0 Å². The summed E-state index contributed by atoms with van der Waals surface area (Å²) >= 11 is 0. The van der Waals surface area contributed by atoms with Crippen LogP contribution in [-0.4, -0.2) is 12.0 Å². The molecule has 1 nitrogen and oxygen atoms in total. The lowest BCUT2D eigenvalue weighted by Gasteiger charge is -2.06. The van der Waals surface area contributed by atoms with E-state index in [1.54, 1.807) is 6.92 Å². The van der Waals surface area contributed by atoms with Crippen molar-refractivity contribution in [2.45, 2.75) is 24.5 Å². The van der Waals surface area contributed by atoms with Crippen molar-refractivity contribution in [3.05, 3.63) is 65.2 Å². The largest absolute Gasteiger partial charge is 0.295 e. The lowest BCUT2D eigenvalue weighted by Crippen LogP contribution is -2.05. The number of aryl methyl sites for hydroxylation is 1. The highest BCUT2D eigenvalue weighted by molar-refractivity contribution is 7.95. The highest BCUT2D eigenvalue weighted by Gasteiger charge is 2.17. The number of carbonyl (C=O) groups excluding carboxylic acids is 1. The Kier molecular flexibility index (Phi) is 4.43. The Labute approximate surface area is 118 Å². The first-order valence-corrected chi connectivity index (χ1v) is 8.16. The van der Waals surface area contributed by atoms with E-state index in [2.05, 4.69) is 49.6 Å². The van der Waals surface area contributed by atoms with Gasteiger partial charge in [-0.15, -0.1) is 0 Å². The van der Waals surface area contributed by atoms with Gasteiger partial charge in [0.1, 0.15) is 12.0 Å². The van der Waals surface area contributed by atoms with Gasteiger partial charge in [-0.25, -0.2) is 0 Å². The average molecular weight is 271 g/mol. The quantitative estimate of drug-likeness (QED) is 0.606. The standard InChI is InChI=1S/C17H19OS/c1-13-6-4-5-7-16(13)12-19(3)17-10-8-15(9-11-17)14(2)18/h4-11H,12H2,1-3H3/q+1. The third kappa shape index (κ3) is 3.48. The van der Waals surface area contributed by atoms with E-state index in [0.29, 0.717) is 0 Å². The molecule has 2 heteroatoms. The van der Waals surface area contributed by atoms with Crippen LogP contribution < -0.4 is 0 Å². The normalized spacial score (nSPS) is 12.2. The molecule has 0 amide bonds. The fourth-order valence-electron chi connectivity index (χ4n) is 2.01. The first-order chi connectivity index (χ1) is 9.08. The number of hydrogen-bond donors (Lipinski definition) is 0. The summed E-state index contributed by atoms with van der Waals surface area (Å²) in [6, 6.07) is 16.6. The second-order valence-corrected chi connectivity index (χ2v) is 6.82. The van der Waals surface area contributed by atoms with Crippen LogP contribution in [0.4, 0.5) is 0 Å². The number of rotatable bonds is 4. The molecular formula is C17H19OS+. The lowest BCUT2D eigenvalue weighted by atomic mass is 10.1. The van der Waals surface area contributed by atoms with Crippen molar-refractivity contribution in [2.75, 3.05) is 6.26 Å². The number of Topliss-reactive ketones (excluding diaryl/α,β-unsaturated/α-hetero) is 1. The summed E-state index contributed by atoms with van der Waals surface area (Å²) in [6.45, 7) is 3.76. The van der Waals surface area contributed by atoms with Crippen LogP contribution in [0.2, 0.25) is 0 Å². The number of ketones is 1. The van der Waals surface area contributed by atoms with Crippen LogP contribution in [0.1, 0.15) is 28.4 Å². The predicted molar refractivity (Wildman–Crippen MR) is 82.9 cm³/mol. The molecule has 0 aromatic heterocycles. The summed E-state index contributed by atoms with van der Waals surface area (Å²) in [5.74, 6) is 1.19. The fraction of sp³-hybridized carbons (Fsp3) is 0.235. The predicted octanol–water partition coefficient (Wildman–Crippen LogP) is 4.00. The summed E-state index contributed by atoms with van der Waals surface area (Å²) in [7, 11) is 0.173. The van der Waals surface area contributed by atoms with Crippen molar-refractivity contribution >= 4 is 16.7 Å². The molecule has 2 rings (SSSR count). The highest BCUT2D eigenvalue weighted by atomic mass is 32.2. The van der Waals surface area contributed by atoms with E-state index in [0.717, 1.165) is 11.3 Å². The number of carbonyl (C=O) groups is 1. The van der Waals surface area contributed by atoms with Gasteiger partial charge in [-0.2, -0.15) is 0 Å². The summed E-state index contributed by atoms with van der Waals surface area (Å²) in [5.41, 5.74) is 3.54. The molecule has 0 aliphatic heterocycles. The molecule has 0 spiro atoms. The minimum Gasteiger partial charge on any atom is -0.295 e. The van der Waals surface area contributed by atoms with Crippen LogP contribution in [0.25, 0.3) is 0 Å². The summed E-state index contributed by atoms with van der Waals surface area (Å²) in [6.07, 6.45) is 2.26. The monoisotopic (exact) mass is 271 g/mol. The Balaban J connectivity index is 2.14. The van der Waals surface area contributed by atoms with Crippen molar-refractivity contribution in [3.8, 4) is 0 Å². The highest BCUT2D eigenvalue weighted by Crippen LogP contribution is 2.19. The molecule has 2 aromatic carbocycles. The van der Waals surface area contributed by atoms with Gasteiger partial charge in [0.25, 0.3) is 0 Å². The van der Waals surface area contributed by atoms with Crippen LogP contribution in [-0.2, 0) is 16.6 Å². The molecule has 0 saturated carbocycles. The first kappa shape index (κ1) is 13.9. The molecule has 0 aliphatic rings. The van der Waals surface area contributed by atoms with Crippen molar-refractivity contribution in [1.29, 1.82) is 0 Å². The smallest absolute Gasteiger partial charge is 0.159 e. The zero-order valence-corrected chi connectivity index (χ0v) is 12.5. The van der Waals surface area contributed by atoms with Gasteiger partial charge in [-0.3, -0.25) is 4.79 Å². The average Bonchev–Trinajstić information content (AvgIpc) is 2.41. The third-order valence-corrected chi connectivity index (χ3v) is 5.12. The van der Waals surface area contributed by atoms with Gasteiger partial charge in [0.05, 0.1) is 0 Å². The number of hydrogen-bond acceptors (Lipinski definition) is 1. The minimum absolute atomic E-state index is 0.126. The van der Waals surface area contributed by atoms with Crippen LogP contribution in [0.15, 0.2) is 53.4 Å². The molecule has 2 aromatic rings. The maximum Gasteiger partial charge on any atom is 0.159 e. The van der Waals surface area contributed by atoms with E-state index < -0.39 is 0 Å². The van der Waals surface area contributed by atoms with Gasteiger partial charge in [0.15, 0.2) is 10.7 Å². The Morgan fingerprint density at radius 1 is 1.05 bits per heavy atom. The van der Waals surface area contributed by atoms with E-state index in [1.807, 2.05) is 12.1 Å². The van der Waals surface area contributed by atoms with Gasteiger partial charge in [-0.05, 0) is 43.7 Å². The zero-order valence-electron chi connectivity index (χ0n) is 11.6. The van der Waals surface area contributed by atoms with E-state index in [4.69, 9.17) is 0 Å². The molecule has 0 fully saturated rings. The van der Waals surface area contributed by atoms with E-state index in [1.165, 1.54) is 16.0 Å². The van der Waals surface area contributed by atoms with Gasteiger partial charge < -0.3 is 0 Å². The van der Waals surface area contributed by atoms with Crippen LogP contribution >= 0.6 is 0 Å². The first-order valence-electron chi connectivity index (χ1n) is 6.36. The molecule has 98 valence electrons. The second-order valence-electron chi connectivity index (χ2n) is 4.79. The van der Waals surface area contributed by atoms with Crippen LogP contribution in [0.3, 0.4) is 0 Å². The molecule has 19 heavy (non-hydrogen) atoms. The van der Waals surface area contributed by atoms with E-state index in [-0.39, 0.29) is 16.7 Å². The minimum atomic E-state index is 0.126. The van der Waals surface area contributed by atoms with Crippen LogP contribution in [0.5, 0.6) is 0 Å². The van der Waals surface area contributed by atoms with Crippen molar-refractivity contribution < 1.29 is 4.79 Å². The summed E-state index contributed by atoms with van der Waals surface area (Å²) < 4.78 is 0. The second kappa shape index (κ2) is 6.07. The molecule has 0 heterocycles. The molecule has 1 unspecified atom stereocenters. The van der Waals surface area contributed by atoms with E-state index >= 15 is 0 Å². The maximum absolute atomic E-state index is 11.3.